The molecule has 0 amide bonds. The highest BCUT2D eigenvalue weighted by molar-refractivity contribution is 5.50. The van der Waals surface area contributed by atoms with Crippen LogP contribution in [0.3, 0.4) is 0 Å². The summed E-state index contributed by atoms with van der Waals surface area (Å²) >= 11 is 0. The summed E-state index contributed by atoms with van der Waals surface area (Å²) in [5.41, 5.74) is 0.481. The van der Waals surface area contributed by atoms with Crippen LogP contribution in [-0.4, -0.2) is 21.4 Å². The van der Waals surface area contributed by atoms with Crippen LogP contribution in [0.4, 0.5) is 11.5 Å². The molecule has 0 atom stereocenters. The van der Waals surface area contributed by atoms with E-state index < -0.39 is 4.92 Å². The summed E-state index contributed by atoms with van der Waals surface area (Å²) in [5.74, 6) is 1.97. The summed E-state index contributed by atoms with van der Waals surface area (Å²) in [6, 6.07) is 6.36. The molecule has 1 aromatic carbocycles. The number of hydrogen-bond donors (Lipinski definition) is 1. The molecule has 0 fully saturated rings. The molecule has 0 bridgehead atoms. The molecule has 0 saturated heterocycles. The summed E-state index contributed by atoms with van der Waals surface area (Å²) in [4.78, 5) is 18.9. The van der Waals surface area contributed by atoms with Gasteiger partial charge < -0.3 is 10.1 Å². The van der Waals surface area contributed by atoms with E-state index in [4.69, 9.17) is 4.74 Å². The highest BCUT2D eigenvalue weighted by Gasteiger charge is 2.15. The predicted octanol–water partition coefficient (Wildman–Crippen LogP) is 3.23. The zero-order valence-electron chi connectivity index (χ0n) is 12.1. The van der Waals surface area contributed by atoms with E-state index in [0.717, 1.165) is 6.54 Å². The first-order valence-electron chi connectivity index (χ1n) is 6.52. The number of hydrogen-bond acceptors (Lipinski definition) is 6. The second-order valence-electron chi connectivity index (χ2n) is 4.43. The zero-order valence-corrected chi connectivity index (χ0v) is 12.1. The Morgan fingerprint density at radius 2 is 2.10 bits per heavy atom. The smallest absolute Gasteiger partial charge is 0.276 e. The van der Waals surface area contributed by atoms with Crippen LogP contribution in [0.1, 0.15) is 18.3 Å². The van der Waals surface area contributed by atoms with Crippen molar-refractivity contribution in [3.05, 3.63) is 45.8 Å². The van der Waals surface area contributed by atoms with Gasteiger partial charge in [-0.05, 0) is 26.8 Å². The number of benzene rings is 1. The predicted molar refractivity (Wildman–Crippen MR) is 78.8 cm³/mol. The van der Waals surface area contributed by atoms with E-state index in [1.807, 2.05) is 6.92 Å². The molecule has 0 aliphatic heterocycles. The molecule has 0 aliphatic rings. The summed E-state index contributed by atoms with van der Waals surface area (Å²) in [6.07, 6.45) is 0. The van der Waals surface area contributed by atoms with Gasteiger partial charge in [-0.2, -0.15) is 4.98 Å². The number of aromatic nitrogens is 2. The molecule has 0 unspecified atom stereocenters. The van der Waals surface area contributed by atoms with Crippen molar-refractivity contribution in [2.75, 3.05) is 11.9 Å². The maximum absolute atomic E-state index is 10.9. The Hall–Kier alpha value is -2.70. The summed E-state index contributed by atoms with van der Waals surface area (Å²) in [6.45, 7) is 6.09. The van der Waals surface area contributed by atoms with Crippen LogP contribution in [-0.2, 0) is 0 Å². The standard InChI is InChI=1S/C14H16N4O3/c1-4-15-13-8-14(17-10(3)16-13)21-12-7-5-6-11(9(12)2)18(19)20/h5-8H,4H2,1-3H3,(H,15,16,17). The van der Waals surface area contributed by atoms with Crippen LogP contribution >= 0.6 is 0 Å². The number of nitrogens with one attached hydrogen (secondary N) is 1. The minimum absolute atomic E-state index is 0.0187. The molecule has 0 radical (unpaired) electrons. The molecule has 7 nitrogen and oxygen atoms in total. The van der Waals surface area contributed by atoms with Crippen molar-refractivity contribution < 1.29 is 9.66 Å². The lowest BCUT2D eigenvalue weighted by Gasteiger charge is -2.10. The molecule has 2 aromatic rings. The van der Waals surface area contributed by atoms with Crippen molar-refractivity contribution in [2.45, 2.75) is 20.8 Å². The van der Waals surface area contributed by atoms with Gasteiger partial charge in [0.15, 0.2) is 0 Å². The second-order valence-corrected chi connectivity index (χ2v) is 4.43. The molecule has 0 aliphatic carbocycles. The van der Waals surface area contributed by atoms with Gasteiger partial charge in [-0.3, -0.25) is 10.1 Å². The van der Waals surface area contributed by atoms with Crippen molar-refractivity contribution in [1.82, 2.24) is 9.97 Å². The fourth-order valence-corrected chi connectivity index (χ4v) is 1.89. The largest absolute Gasteiger partial charge is 0.438 e. The van der Waals surface area contributed by atoms with Crippen molar-refractivity contribution in [3.63, 3.8) is 0 Å². The zero-order chi connectivity index (χ0) is 15.4. The summed E-state index contributed by atoms with van der Waals surface area (Å²) in [7, 11) is 0. The number of aryl methyl sites for hydroxylation is 1. The number of nitro benzene ring substituents is 1. The van der Waals surface area contributed by atoms with E-state index in [1.165, 1.54) is 6.07 Å². The first kappa shape index (κ1) is 14.7. The topological polar surface area (TPSA) is 90.2 Å². The third-order valence-electron chi connectivity index (χ3n) is 2.84. The van der Waals surface area contributed by atoms with Crippen molar-refractivity contribution >= 4 is 11.5 Å². The van der Waals surface area contributed by atoms with E-state index >= 15 is 0 Å². The van der Waals surface area contributed by atoms with Crippen LogP contribution in [0.15, 0.2) is 24.3 Å². The Morgan fingerprint density at radius 3 is 2.76 bits per heavy atom. The van der Waals surface area contributed by atoms with E-state index in [1.54, 1.807) is 32.0 Å². The summed E-state index contributed by atoms with van der Waals surface area (Å²) in [5, 5.41) is 14.0. The minimum Gasteiger partial charge on any atom is -0.438 e. The monoisotopic (exact) mass is 288 g/mol. The molecule has 2 rings (SSSR count). The van der Waals surface area contributed by atoms with Crippen molar-refractivity contribution in [2.24, 2.45) is 0 Å². The van der Waals surface area contributed by atoms with Gasteiger partial charge in [0.05, 0.1) is 10.5 Å². The molecule has 1 heterocycles. The van der Waals surface area contributed by atoms with Crippen LogP contribution in [0, 0.1) is 24.0 Å². The molecule has 110 valence electrons. The number of nitrogens with zero attached hydrogens (tertiary/aromatic N) is 3. The highest BCUT2D eigenvalue weighted by Crippen LogP contribution is 2.30. The van der Waals surface area contributed by atoms with E-state index in [0.29, 0.717) is 28.8 Å². The molecular formula is C14H16N4O3. The molecule has 1 N–H and O–H groups in total. The van der Waals surface area contributed by atoms with Gasteiger partial charge in [0.1, 0.15) is 17.4 Å². The number of anilines is 1. The van der Waals surface area contributed by atoms with E-state index in [2.05, 4.69) is 15.3 Å². The molecule has 1 aromatic heterocycles. The number of rotatable bonds is 5. The lowest BCUT2D eigenvalue weighted by atomic mass is 10.2. The van der Waals surface area contributed by atoms with Crippen molar-refractivity contribution in [1.29, 1.82) is 0 Å². The average Bonchev–Trinajstić information content (AvgIpc) is 2.40. The van der Waals surface area contributed by atoms with Crippen LogP contribution in [0.25, 0.3) is 0 Å². The van der Waals surface area contributed by atoms with Gasteiger partial charge in [0.2, 0.25) is 5.88 Å². The maximum atomic E-state index is 10.9. The lowest BCUT2D eigenvalue weighted by molar-refractivity contribution is -0.385. The van der Waals surface area contributed by atoms with Gasteiger partial charge in [-0.1, -0.05) is 6.07 Å². The maximum Gasteiger partial charge on any atom is 0.276 e. The van der Waals surface area contributed by atoms with Gasteiger partial charge >= 0.3 is 0 Å². The van der Waals surface area contributed by atoms with Gasteiger partial charge in [-0.25, -0.2) is 4.98 Å². The molecule has 0 spiro atoms. The third kappa shape index (κ3) is 3.44. The Labute approximate surface area is 122 Å². The average molecular weight is 288 g/mol. The van der Waals surface area contributed by atoms with E-state index in [9.17, 15) is 10.1 Å². The number of ether oxygens (including phenoxy) is 1. The quantitative estimate of drug-likeness (QED) is 0.671. The Balaban J connectivity index is 2.34. The normalized spacial score (nSPS) is 10.2. The van der Waals surface area contributed by atoms with Crippen molar-refractivity contribution in [3.8, 4) is 11.6 Å². The Morgan fingerprint density at radius 1 is 1.33 bits per heavy atom. The fraction of sp³-hybridized carbons (Fsp3) is 0.286. The number of nitro groups is 1. The van der Waals surface area contributed by atoms with Gasteiger partial charge in [0, 0.05) is 18.7 Å². The first-order chi connectivity index (χ1) is 10.0. The Bertz CT molecular complexity index is 673. The molecular weight excluding hydrogens is 272 g/mol. The fourth-order valence-electron chi connectivity index (χ4n) is 1.89. The molecule has 7 heteroatoms. The van der Waals surface area contributed by atoms with Gasteiger partial charge in [0.25, 0.3) is 5.69 Å². The second kappa shape index (κ2) is 6.17. The first-order valence-corrected chi connectivity index (χ1v) is 6.52. The molecule has 21 heavy (non-hydrogen) atoms. The molecule has 0 saturated carbocycles. The highest BCUT2D eigenvalue weighted by atomic mass is 16.6. The van der Waals surface area contributed by atoms with Crippen LogP contribution in [0.2, 0.25) is 0 Å². The SMILES string of the molecule is CCNc1cc(Oc2cccc([N+](=O)[O-])c2C)nc(C)n1. The lowest BCUT2D eigenvalue weighted by Crippen LogP contribution is -2.03. The van der Waals surface area contributed by atoms with Crippen LogP contribution < -0.4 is 10.1 Å². The Kier molecular flexibility index (Phi) is 4.32. The van der Waals surface area contributed by atoms with Crippen LogP contribution in [0.5, 0.6) is 11.6 Å². The van der Waals surface area contributed by atoms with Gasteiger partial charge in [-0.15, -0.1) is 0 Å². The van der Waals surface area contributed by atoms with E-state index in [-0.39, 0.29) is 5.69 Å². The minimum atomic E-state index is -0.433. The third-order valence-corrected chi connectivity index (χ3v) is 2.84. The summed E-state index contributed by atoms with van der Waals surface area (Å²) < 4.78 is 5.67.